The van der Waals surface area contributed by atoms with E-state index in [1.54, 1.807) is 12.4 Å². The highest BCUT2D eigenvalue weighted by atomic mass is 16.2. The van der Waals surface area contributed by atoms with Crippen LogP contribution in [0.5, 0.6) is 0 Å². The molecular weight excluding hydrogens is 484 g/mol. The predicted molar refractivity (Wildman–Crippen MR) is 163 cm³/mol. The van der Waals surface area contributed by atoms with E-state index in [2.05, 4.69) is 55.5 Å². The molecule has 0 aromatic heterocycles. The standard InChI is InChI=1S/C27H35N3O2.C6H7N/c1-7-27(5,6)20-11-9-10-19(14-20)26(32)29-21-13-12-17(3)22(15-21)25-18(4)23(30-25)16-24(31)28-8-2;1-2-4-6-7-5-3-1/h9-15,18,23H,7-8,16H2,1-6H3,(H,28,31)(H,29,32);1,3-6H,2H2. The maximum Gasteiger partial charge on any atom is 0.255 e. The van der Waals surface area contributed by atoms with Gasteiger partial charge in [0, 0.05) is 53.8 Å². The second-order valence-electron chi connectivity index (χ2n) is 10.7. The first-order chi connectivity index (χ1) is 18.7. The van der Waals surface area contributed by atoms with E-state index < -0.39 is 0 Å². The van der Waals surface area contributed by atoms with Crippen molar-refractivity contribution in [2.75, 3.05) is 11.9 Å². The van der Waals surface area contributed by atoms with Gasteiger partial charge >= 0.3 is 0 Å². The molecule has 2 amide bonds. The zero-order chi connectivity index (χ0) is 28.4. The zero-order valence-electron chi connectivity index (χ0n) is 24.1. The zero-order valence-corrected chi connectivity index (χ0v) is 24.1. The van der Waals surface area contributed by atoms with Gasteiger partial charge in [0.25, 0.3) is 5.91 Å². The number of amides is 2. The van der Waals surface area contributed by atoms with Crippen LogP contribution in [0, 0.1) is 12.8 Å². The quantitative estimate of drug-likeness (QED) is 0.397. The Morgan fingerprint density at radius 1 is 1.08 bits per heavy atom. The molecule has 0 saturated carbocycles. The number of aryl methyl sites for hydroxylation is 1. The Morgan fingerprint density at radius 3 is 2.59 bits per heavy atom. The molecule has 2 aromatic carbocycles. The van der Waals surface area contributed by atoms with E-state index >= 15 is 0 Å². The molecule has 206 valence electrons. The Hall–Kier alpha value is -3.80. The fourth-order valence-electron chi connectivity index (χ4n) is 4.41. The lowest BCUT2D eigenvalue weighted by Gasteiger charge is -2.33. The van der Waals surface area contributed by atoms with Crippen LogP contribution in [0.15, 0.2) is 76.9 Å². The molecule has 2 aliphatic heterocycles. The number of allylic oxidation sites excluding steroid dienone is 3. The van der Waals surface area contributed by atoms with Gasteiger partial charge in [0.1, 0.15) is 0 Å². The van der Waals surface area contributed by atoms with Gasteiger partial charge in [-0.05, 0) is 73.6 Å². The lowest BCUT2D eigenvalue weighted by Crippen LogP contribution is -2.40. The lowest BCUT2D eigenvalue weighted by molar-refractivity contribution is -0.121. The fraction of sp³-hybridized carbons (Fsp3) is 0.394. The molecule has 2 atom stereocenters. The van der Waals surface area contributed by atoms with Crippen molar-refractivity contribution in [2.24, 2.45) is 15.9 Å². The van der Waals surface area contributed by atoms with Gasteiger partial charge in [0.15, 0.2) is 0 Å². The van der Waals surface area contributed by atoms with E-state index in [-0.39, 0.29) is 29.2 Å². The minimum atomic E-state index is -0.119. The number of hydrogen-bond acceptors (Lipinski definition) is 4. The normalized spacial score (nSPS) is 17.7. The van der Waals surface area contributed by atoms with Gasteiger partial charge < -0.3 is 10.6 Å². The number of carbonyl (C=O) groups excluding carboxylic acids is 2. The summed E-state index contributed by atoms with van der Waals surface area (Å²) in [4.78, 5) is 33.4. The Morgan fingerprint density at radius 2 is 1.87 bits per heavy atom. The largest absolute Gasteiger partial charge is 0.356 e. The van der Waals surface area contributed by atoms with Crippen molar-refractivity contribution in [3.8, 4) is 0 Å². The third kappa shape index (κ3) is 8.09. The molecule has 2 N–H and O–H groups in total. The summed E-state index contributed by atoms with van der Waals surface area (Å²) in [5, 5.41) is 5.88. The number of nitrogens with one attached hydrogen (secondary N) is 2. The first-order valence-electron chi connectivity index (χ1n) is 13.9. The van der Waals surface area contributed by atoms with Gasteiger partial charge in [-0.25, -0.2) is 0 Å². The van der Waals surface area contributed by atoms with Gasteiger partial charge in [-0.15, -0.1) is 0 Å². The lowest BCUT2D eigenvalue weighted by atomic mass is 9.81. The Labute approximate surface area is 233 Å². The highest BCUT2D eigenvalue weighted by molar-refractivity contribution is 6.09. The molecule has 2 aliphatic rings. The first-order valence-corrected chi connectivity index (χ1v) is 13.9. The number of benzene rings is 2. The first kappa shape index (κ1) is 29.8. The molecule has 2 heterocycles. The molecule has 0 radical (unpaired) electrons. The van der Waals surface area contributed by atoms with E-state index in [9.17, 15) is 9.59 Å². The van der Waals surface area contributed by atoms with E-state index in [1.165, 1.54) is 0 Å². The average molecular weight is 527 g/mol. The summed E-state index contributed by atoms with van der Waals surface area (Å²) in [6.07, 6.45) is 12.0. The van der Waals surface area contributed by atoms with Crippen molar-refractivity contribution in [3.05, 3.63) is 89.1 Å². The molecule has 2 unspecified atom stereocenters. The highest BCUT2D eigenvalue weighted by Crippen LogP contribution is 2.31. The van der Waals surface area contributed by atoms with Crippen LogP contribution in [-0.2, 0) is 10.2 Å². The summed E-state index contributed by atoms with van der Waals surface area (Å²) in [6.45, 7) is 13.2. The van der Waals surface area contributed by atoms with Gasteiger partial charge in [0.2, 0.25) is 5.91 Å². The van der Waals surface area contributed by atoms with Crippen LogP contribution < -0.4 is 10.6 Å². The predicted octanol–water partition coefficient (Wildman–Crippen LogP) is 6.80. The fourth-order valence-corrected chi connectivity index (χ4v) is 4.41. The molecule has 39 heavy (non-hydrogen) atoms. The van der Waals surface area contributed by atoms with Crippen LogP contribution in [0.3, 0.4) is 0 Å². The summed E-state index contributed by atoms with van der Waals surface area (Å²) in [6, 6.07) is 13.8. The molecule has 6 heteroatoms. The van der Waals surface area contributed by atoms with Crippen LogP contribution in [0.25, 0.3) is 0 Å². The van der Waals surface area contributed by atoms with Crippen molar-refractivity contribution in [1.82, 2.24) is 5.32 Å². The van der Waals surface area contributed by atoms with Crippen LogP contribution in [0.4, 0.5) is 5.69 Å². The molecule has 0 bridgehead atoms. The van der Waals surface area contributed by atoms with Gasteiger partial charge in [-0.2, -0.15) is 0 Å². The van der Waals surface area contributed by atoms with Crippen LogP contribution in [0.2, 0.25) is 0 Å². The number of nitrogens with zero attached hydrogens (tertiary/aromatic N) is 2. The maximum absolute atomic E-state index is 12.9. The summed E-state index contributed by atoms with van der Waals surface area (Å²) in [5.41, 5.74) is 5.73. The monoisotopic (exact) mass is 526 g/mol. The average Bonchev–Trinajstić information content (AvgIpc) is 3.26. The molecule has 0 saturated heterocycles. The van der Waals surface area contributed by atoms with Gasteiger partial charge in [0.05, 0.1) is 6.04 Å². The van der Waals surface area contributed by atoms with Crippen LogP contribution >= 0.6 is 0 Å². The Balaban J connectivity index is 0.000000520. The Bertz CT molecular complexity index is 1270. The summed E-state index contributed by atoms with van der Waals surface area (Å²) in [7, 11) is 0. The number of rotatable bonds is 8. The SMILES string of the molecule is C1=CCC=CN=C1.CCNC(=O)CC1N=C(c2cc(NC(=O)c3cccc(C(C)(C)CC)c3)ccc2C)C1C. The van der Waals surface area contributed by atoms with Crippen molar-refractivity contribution in [1.29, 1.82) is 0 Å². The second kappa shape index (κ2) is 13.8. The molecule has 0 fully saturated rings. The summed E-state index contributed by atoms with van der Waals surface area (Å²) >= 11 is 0. The van der Waals surface area contributed by atoms with E-state index in [0.717, 1.165) is 40.9 Å². The van der Waals surface area contributed by atoms with Gasteiger partial charge in [-0.1, -0.05) is 58.0 Å². The van der Waals surface area contributed by atoms with Crippen molar-refractivity contribution in [2.45, 2.75) is 72.3 Å². The minimum absolute atomic E-state index is 0.0128. The number of carbonyl (C=O) groups is 2. The molecule has 0 aliphatic carbocycles. The summed E-state index contributed by atoms with van der Waals surface area (Å²) < 4.78 is 0. The molecule has 2 aromatic rings. The van der Waals surface area contributed by atoms with E-state index in [4.69, 9.17) is 4.99 Å². The Kier molecular flexibility index (Phi) is 10.6. The third-order valence-electron chi connectivity index (χ3n) is 7.42. The number of aliphatic imine (C=N–C) groups is 2. The van der Waals surface area contributed by atoms with Crippen molar-refractivity contribution >= 4 is 29.4 Å². The second-order valence-corrected chi connectivity index (χ2v) is 10.7. The molecule has 4 rings (SSSR count). The van der Waals surface area contributed by atoms with Crippen molar-refractivity contribution < 1.29 is 9.59 Å². The summed E-state index contributed by atoms with van der Waals surface area (Å²) in [5.74, 6) is 0.125. The van der Waals surface area contributed by atoms with Crippen LogP contribution in [0.1, 0.15) is 80.9 Å². The highest BCUT2D eigenvalue weighted by Gasteiger charge is 2.34. The molecular formula is C33H42N4O2. The van der Waals surface area contributed by atoms with Crippen molar-refractivity contribution in [3.63, 3.8) is 0 Å². The smallest absolute Gasteiger partial charge is 0.255 e. The number of anilines is 1. The number of hydrogen-bond donors (Lipinski definition) is 2. The minimum Gasteiger partial charge on any atom is -0.356 e. The molecule has 0 spiro atoms. The molecule has 6 nitrogen and oxygen atoms in total. The van der Waals surface area contributed by atoms with Crippen LogP contribution in [-0.4, -0.2) is 36.3 Å². The van der Waals surface area contributed by atoms with E-state index in [1.807, 2.05) is 62.4 Å². The van der Waals surface area contributed by atoms with E-state index in [0.29, 0.717) is 18.5 Å². The maximum atomic E-state index is 12.9. The third-order valence-corrected chi connectivity index (χ3v) is 7.42. The topological polar surface area (TPSA) is 82.9 Å². The van der Waals surface area contributed by atoms with Gasteiger partial charge in [-0.3, -0.25) is 19.6 Å².